The molecule has 0 aliphatic carbocycles. The molecule has 0 saturated carbocycles. The van der Waals surface area contributed by atoms with Crippen molar-refractivity contribution in [3.05, 3.63) is 71.4 Å². The van der Waals surface area contributed by atoms with Gasteiger partial charge in [0.15, 0.2) is 5.78 Å². The highest BCUT2D eigenvalue weighted by Gasteiger charge is 2.06. The van der Waals surface area contributed by atoms with E-state index < -0.39 is 0 Å². The predicted octanol–water partition coefficient (Wildman–Crippen LogP) is 4.35. The van der Waals surface area contributed by atoms with E-state index in [1.807, 2.05) is 49.4 Å². The van der Waals surface area contributed by atoms with E-state index in [1.54, 1.807) is 26.2 Å². The van der Waals surface area contributed by atoms with Gasteiger partial charge in [0.05, 0.1) is 7.11 Å². The van der Waals surface area contributed by atoms with Gasteiger partial charge in [-0.25, -0.2) is 4.98 Å². The van der Waals surface area contributed by atoms with Gasteiger partial charge >= 0.3 is 0 Å². The van der Waals surface area contributed by atoms with E-state index in [2.05, 4.69) is 20.6 Å². The maximum atomic E-state index is 11.4. The summed E-state index contributed by atoms with van der Waals surface area (Å²) in [6, 6.07) is 17.0. The Bertz CT molecular complexity index is 939. The number of para-hydroxylation sites is 1. The molecule has 0 saturated heterocycles. The standard InChI is InChI=1S/C21H22N4O2/c1-14-12-20(24-18-10-8-16(9-11-18)15(2)26)25-21(23-14)22-13-17-6-4-5-7-19(17)27-3/h4-12H,13H2,1-3H3,(H2,22,23,24,25). The highest BCUT2D eigenvalue weighted by atomic mass is 16.5. The number of hydrogen-bond donors (Lipinski definition) is 2. The summed E-state index contributed by atoms with van der Waals surface area (Å²) in [6.07, 6.45) is 0. The maximum Gasteiger partial charge on any atom is 0.225 e. The van der Waals surface area contributed by atoms with Crippen LogP contribution in [0.5, 0.6) is 5.75 Å². The number of carbonyl (C=O) groups is 1. The van der Waals surface area contributed by atoms with Crippen molar-refractivity contribution in [2.24, 2.45) is 0 Å². The highest BCUT2D eigenvalue weighted by Crippen LogP contribution is 2.20. The van der Waals surface area contributed by atoms with E-state index in [-0.39, 0.29) is 5.78 Å². The van der Waals surface area contributed by atoms with Gasteiger partial charge in [0.1, 0.15) is 11.6 Å². The molecule has 6 nitrogen and oxygen atoms in total. The second-order valence-corrected chi connectivity index (χ2v) is 6.14. The summed E-state index contributed by atoms with van der Waals surface area (Å²) in [4.78, 5) is 20.3. The molecule has 0 amide bonds. The molecule has 27 heavy (non-hydrogen) atoms. The topological polar surface area (TPSA) is 76.1 Å². The largest absolute Gasteiger partial charge is 0.496 e. The number of methoxy groups -OCH3 is 1. The van der Waals surface area contributed by atoms with Crippen LogP contribution in [0.3, 0.4) is 0 Å². The lowest BCUT2D eigenvalue weighted by molar-refractivity contribution is 0.101. The van der Waals surface area contributed by atoms with E-state index in [0.717, 1.165) is 22.7 Å². The summed E-state index contributed by atoms with van der Waals surface area (Å²) >= 11 is 0. The van der Waals surface area contributed by atoms with Gasteiger partial charge in [-0.3, -0.25) is 4.79 Å². The molecule has 0 atom stereocenters. The quantitative estimate of drug-likeness (QED) is 0.609. The van der Waals surface area contributed by atoms with Crippen molar-refractivity contribution in [2.45, 2.75) is 20.4 Å². The fraction of sp³-hybridized carbons (Fsp3) is 0.190. The number of hydrogen-bond acceptors (Lipinski definition) is 6. The van der Waals surface area contributed by atoms with E-state index in [4.69, 9.17) is 4.74 Å². The van der Waals surface area contributed by atoms with Gasteiger partial charge in [-0.15, -0.1) is 0 Å². The lowest BCUT2D eigenvalue weighted by Crippen LogP contribution is -2.07. The lowest BCUT2D eigenvalue weighted by atomic mass is 10.1. The summed E-state index contributed by atoms with van der Waals surface area (Å²) < 4.78 is 5.37. The Balaban J connectivity index is 1.73. The molecule has 138 valence electrons. The van der Waals surface area contributed by atoms with Gasteiger partial charge in [0.25, 0.3) is 0 Å². The van der Waals surface area contributed by atoms with Crippen molar-refractivity contribution in [1.29, 1.82) is 0 Å². The molecule has 0 aliphatic heterocycles. The first-order valence-corrected chi connectivity index (χ1v) is 8.64. The maximum absolute atomic E-state index is 11.4. The van der Waals surface area contributed by atoms with E-state index in [9.17, 15) is 4.79 Å². The average Bonchev–Trinajstić information content (AvgIpc) is 2.66. The molecule has 0 spiro atoms. The molecule has 1 aromatic heterocycles. The summed E-state index contributed by atoms with van der Waals surface area (Å²) in [7, 11) is 1.65. The molecule has 0 aliphatic rings. The molecule has 6 heteroatoms. The second-order valence-electron chi connectivity index (χ2n) is 6.14. The van der Waals surface area contributed by atoms with Crippen LogP contribution >= 0.6 is 0 Å². The van der Waals surface area contributed by atoms with Crippen LogP contribution in [-0.2, 0) is 6.54 Å². The Morgan fingerprint density at radius 1 is 1.07 bits per heavy atom. The van der Waals surface area contributed by atoms with Crippen molar-refractivity contribution >= 4 is 23.2 Å². The lowest BCUT2D eigenvalue weighted by Gasteiger charge is -2.12. The number of ketones is 1. The van der Waals surface area contributed by atoms with Crippen molar-refractivity contribution in [1.82, 2.24) is 9.97 Å². The number of nitrogens with zero attached hydrogens (tertiary/aromatic N) is 2. The Hall–Kier alpha value is -3.41. The molecular weight excluding hydrogens is 340 g/mol. The van der Waals surface area contributed by atoms with Crippen LogP contribution in [-0.4, -0.2) is 22.9 Å². The van der Waals surface area contributed by atoms with Crippen molar-refractivity contribution in [2.75, 3.05) is 17.7 Å². The van der Waals surface area contributed by atoms with E-state index in [1.165, 1.54) is 0 Å². The van der Waals surface area contributed by atoms with Gasteiger partial charge in [-0.1, -0.05) is 18.2 Å². The number of anilines is 3. The summed E-state index contributed by atoms with van der Waals surface area (Å²) in [5.41, 5.74) is 3.40. The highest BCUT2D eigenvalue weighted by molar-refractivity contribution is 5.94. The van der Waals surface area contributed by atoms with Crippen LogP contribution in [0.2, 0.25) is 0 Å². The van der Waals surface area contributed by atoms with Crippen molar-refractivity contribution in [3.8, 4) is 5.75 Å². The van der Waals surface area contributed by atoms with Crippen molar-refractivity contribution < 1.29 is 9.53 Å². The molecule has 2 N–H and O–H groups in total. The first-order chi connectivity index (χ1) is 13.0. The van der Waals surface area contributed by atoms with Crippen LogP contribution in [0.1, 0.15) is 28.5 Å². The number of ether oxygens (including phenoxy) is 1. The average molecular weight is 362 g/mol. The zero-order valence-electron chi connectivity index (χ0n) is 15.6. The molecule has 3 aromatic rings. The normalized spacial score (nSPS) is 10.3. The van der Waals surface area contributed by atoms with E-state index >= 15 is 0 Å². The first kappa shape index (κ1) is 18.4. The fourth-order valence-corrected chi connectivity index (χ4v) is 2.67. The minimum Gasteiger partial charge on any atom is -0.496 e. The summed E-state index contributed by atoms with van der Waals surface area (Å²) in [5.74, 6) is 2.08. The zero-order valence-corrected chi connectivity index (χ0v) is 15.6. The number of aryl methyl sites for hydroxylation is 1. The Morgan fingerprint density at radius 3 is 2.52 bits per heavy atom. The Kier molecular flexibility index (Phi) is 5.66. The number of nitrogens with one attached hydrogen (secondary N) is 2. The molecule has 2 aromatic carbocycles. The third-order valence-electron chi connectivity index (χ3n) is 4.05. The van der Waals surface area contributed by atoms with Crippen LogP contribution in [0.15, 0.2) is 54.6 Å². The van der Waals surface area contributed by atoms with Gasteiger partial charge in [-0.05, 0) is 44.2 Å². The van der Waals surface area contributed by atoms with Gasteiger partial charge in [0, 0.05) is 35.1 Å². The van der Waals surface area contributed by atoms with Gasteiger partial charge in [-0.2, -0.15) is 4.98 Å². The molecule has 1 heterocycles. The smallest absolute Gasteiger partial charge is 0.225 e. The molecule has 0 bridgehead atoms. The third-order valence-corrected chi connectivity index (χ3v) is 4.05. The zero-order chi connectivity index (χ0) is 19.2. The second kappa shape index (κ2) is 8.31. The predicted molar refractivity (Wildman–Crippen MR) is 107 cm³/mol. The van der Waals surface area contributed by atoms with Crippen LogP contribution in [0.25, 0.3) is 0 Å². The van der Waals surface area contributed by atoms with Crippen molar-refractivity contribution in [3.63, 3.8) is 0 Å². The summed E-state index contributed by atoms with van der Waals surface area (Å²) in [6.45, 7) is 4.02. The molecule has 0 fully saturated rings. The Labute approximate surface area is 158 Å². The molecule has 0 radical (unpaired) electrons. The Morgan fingerprint density at radius 2 is 1.81 bits per heavy atom. The summed E-state index contributed by atoms with van der Waals surface area (Å²) in [5, 5.41) is 6.48. The minimum absolute atomic E-state index is 0.0438. The first-order valence-electron chi connectivity index (χ1n) is 8.64. The minimum atomic E-state index is 0.0438. The van der Waals surface area contributed by atoms with Crippen LogP contribution in [0.4, 0.5) is 17.5 Å². The number of benzene rings is 2. The number of aromatic nitrogens is 2. The van der Waals surface area contributed by atoms with E-state index in [0.29, 0.717) is 23.9 Å². The van der Waals surface area contributed by atoms with Gasteiger partial charge in [0.2, 0.25) is 5.95 Å². The monoisotopic (exact) mass is 362 g/mol. The van der Waals surface area contributed by atoms with Crippen LogP contribution < -0.4 is 15.4 Å². The molecule has 0 unspecified atom stereocenters. The third kappa shape index (κ3) is 4.82. The molecular formula is C21H22N4O2. The number of Topliss-reactive ketones (excluding diaryl/α,β-unsaturated/α-hetero) is 1. The number of rotatable bonds is 7. The fourth-order valence-electron chi connectivity index (χ4n) is 2.67. The van der Waals surface area contributed by atoms with Gasteiger partial charge < -0.3 is 15.4 Å². The molecule has 3 rings (SSSR count). The number of carbonyl (C=O) groups excluding carboxylic acids is 1. The van der Waals surface area contributed by atoms with Crippen LogP contribution in [0, 0.1) is 6.92 Å². The SMILES string of the molecule is COc1ccccc1CNc1nc(C)cc(Nc2ccc(C(C)=O)cc2)n1.